The number of rotatable bonds is 8. The lowest BCUT2D eigenvalue weighted by Crippen LogP contribution is -2.48. The van der Waals surface area contributed by atoms with Gasteiger partial charge >= 0.3 is 5.97 Å². The fourth-order valence-electron chi connectivity index (χ4n) is 2.99. The molecule has 29 heavy (non-hydrogen) atoms. The van der Waals surface area contributed by atoms with Crippen molar-refractivity contribution in [3.8, 4) is 0 Å². The third kappa shape index (κ3) is 5.19. The van der Waals surface area contributed by atoms with Gasteiger partial charge in [-0.2, -0.15) is 0 Å². The number of carbonyl (C=O) groups excluding carboxylic acids is 2. The summed E-state index contributed by atoms with van der Waals surface area (Å²) in [5.74, 6) is -2.52. The van der Waals surface area contributed by atoms with Gasteiger partial charge < -0.3 is 20.7 Å². The number of carbonyl (C=O) groups is 3. The molecule has 0 fully saturated rings. The summed E-state index contributed by atoms with van der Waals surface area (Å²) in [5.41, 5.74) is 1.95. The SMILES string of the molecule is O=C(O)CCNC(=O)C(Cc1c[nH]c2ccccc12)NC(=O)c1ccc(F)cc1. The normalized spacial score (nSPS) is 11.8. The van der Waals surface area contributed by atoms with Crippen LogP contribution < -0.4 is 10.6 Å². The number of aromatic amines is 1. The van der Waals surface area contributed by atoms with Crippen LogP contribution in [0.15, 0.2) is 54.7 Å². The summed E-state index contributed by atoms with van der Waals surface area (Å²) in [4.78, 5) is 39.0. The molecule has 1 aromatic heterocycles. The molecule has 3 aromatic rings. The van der Waals surface area contributed by atoms with Crippen molar-refractivity contribution in [1.29, 1.82) is 0 Å². The smallest absolute Gasteiger partial charge is 0.305 e. The minimum Gasteiger partial charge on any atom is -0.481 e. The number of benzene rings is 2. The maximum absolute atomic E-state index is 13.1. The standard InChI is InChI=1S/C21H20FN3O4/c22-15-7-5-13(6-8-15)20(28)25-18(21(29)23-10-9-19(26)27)11-14-12-24-17-4-2-1-3-16(14)17/h1-8,12,18,24H,9-11H2,(H,23,29)(H,25,28)(H,26,27). The number of hydrogen-bond donors (Lipinski definition) is 4. The molecule has 1 heterocycles. The molecule has 0 aliphatic carbocycles. The number of carboxylic acid groups (broad SMARTS) is 1. The second-order valence-corrected chi connectivity index (χ2v) is 6.53. The van der Waals surface area contributed by atoms with E-state index in [9.17, 15) is 18.8 Å². The number of halogens is 1. The van der Waals surface area contributed by atoms with Gasteiger partial charge in [0.05, 0.1) is 6.42 Å². The Bertz CT molecular complexity index is 1030. The summed E-state index contributed by atoms with van der Waals surface area (Å²) in [7, 11) is 0. The molecule has 7 nitrogen and oxygen atoms in total. The van der Waals surface area contributed by atoms with Gasteiger partial charge in [-0.25, -0.2) is 4.39 Å². The molecule has 8 heteroatoms. The summed E-state index contributed by atoms with van der Waals surface area (Å²) in [6.07, 6.45) is 1.75. The Labute approximate surface area is 165 Å². The second kappa shape index (κ2) is 9.01. The molecule has 0 aliphatic heterocycles. The van der Waals surface area contributed by atoms with Crippen LogP contribution in [0.4, 0.5) is 4.39 Å². The summed E-state index contributed by atoms with van der Waals surface area (Å²) < 4.78 is 13.1. The van der Waals surface area contributed by atoms with Crippen LogP contribution in [-0.2, 0) is 16.0 Å². The van der Waals surface area contributed by atoms with Crippen molar-refractivity contribution in [3.05, 3.63) is 71.7 Å². The summed E-state index contributed by atoms with van der Waals surface area (Å²) >= 11 is 0. The minimum absolute atomic E-state index is 0.0506. The van der Waals surface area contributed by atoms with Gasteiger partial charge in [0.2, 0.25) is 5.91 Å². The molecule has 0 saturated carbocycles. The van der Waals surface area contributed by atoms with Gasteiger partial charge in [-0.1, -0.05) is 18.2 Å². The van der Waals surface area contributed by atoms with Gasteiger partial charge in [-0.05, 0) is 35.9 Å². The molecule has 0 saturated heterocycles. The average Bonchev–Trinajstić information content (AvgIpc) is 3.10. The monoisotopic (exact) mass is 397 g/mol. The van der Waals surface area contributed by atoms with Gasteiger partial charge in [0.1, 0.15) is 11.9 Å². The van der Waals surface area contributed by atoms with E-state index in [1.165, 1.54) is 12.1 Å². The zero-order valence-electron chi connectivity index (χ0n) is 15.4. The number of aliphatic carboxylic acids is 1. The van der Waals surface area contributed by atoms with Crippen molar-refractivity contribution in [2.45, 2.75) is 18.9 Å². The highest BCUT2D eigenvalue weighted by Gasteiger charge is 2.23. The highest BCUT2D eigenvalue weighted by molar-refractivity contribution is 5.98. The average molecular weight is 397 g/mol. The maximum atomic E-state index is 13.1. The van der Waals surface area contributed by atoms with Crippen molar-refractivity contribution < 1.29 is 23.9 Å². The fourth-order valence-corrected chi connectivity index (χ4v) is 2.99. The van der Waals surface area contributed by atoms with Gasteiger partial charge in [0.15, 0.2) is 0 Å². The van der Waals surface area contributed by atoms with Crippen LogP contribution >= 0.6 is 0 Å². The zero-order chi connectivity index (χ0) is 20.8. The van der Waals surface area contributed by atoms with E-state index in [2.05, 4.69) is 15.6 Å². The van der Waals surface area contributed by atoms with Crippen molar-refractivity contribution in [2.75, 3.05) is 6.54 Å². The highest BCUT2D eigenvalue weighted by Crippen LogP contribution is 2.19. The minimum atomic E-state index is -1.03. The van der Waals surface area contributed by atoms with E-state index in [4.69, 9.17) is 5.11 Å². The predicted molar refractivity (Wildman–Crippen MR) is 105 cm³/mol. The Morgan fingerprint density at radius 2 is 1.79 bits per heavy atom. The lowest BCUT2D eigenvalue weighted by Gasteiger charge is -2.18. The van der Waals surface area contributed by atoms with E-state index in [-0.39, 0.29) is 24.9 Å². The van der Waals surface area contributed by atoms with E-state index in [1.807, 2.05) is 24.3 Å². The van der Waals surface area contributed by atoms with Crippen LogP contribution in [0.2, 0.25) is 0 Å². The molecule has 2 aromatic carbocycles. The topological polar surface area (TPSA) is 111 Å². The molecule has 4 N–H and O–H groups in total. The fraction of sp³-hybridized carbons (Fsp3) is 0.190. The van der Waals surface area contributed by atoms with Crippen molar-refractivity contribution >= 4 is 28.7 Å². The predicted octanol–water partition coefficient (Wildman–Crippen LogP) is 2.24. The molecule has 0 bridgehead atoms. The zero-order valence-corrected chi connectivity index (χ0v) is 15.4. The van der Waals surface area contributed by atoms with Crippen LogP contribution in [0.1, 0.15) is 22.3 Å². The van der Waals surface area contributed by atoms with Crippen LogP contribution in [0.3, 0.4) is 0 Å². The van der Waals surface area contributed by atoms with Crippen molar-refractivity contribution in [1.82, 2.24) is 15.6 Å². The molecular formula is C21H20FN3O4. The number of hydrogen-bond acceptors (Lipinski definition) is 3. The number of amides is 2. The quantitative estimate of drug-likeness (QED) is 0.467. The number of H-pyrrole nitrogens is 1. The van der Waals surface area contributed by atoms with Gasteiger partial charge in [0, 0.05) is 35.6 Å². The van der Waals surface area contributed by atoms with Gasteiger partial charge in [0.25, 0.3) is 5.91 Å². The van der Waals surface area contributed by atoms with E-state index in [1.54, 1.807) is 6.20 Å². The Kier molecular flexibility index (Phi) is 6.23. The largest absolute Gasteiger partial charge is 0.481 e. The maximum Gasteiger partial charge on any atom is 0.305 e. The van der Waals surface area contributed by atoms with Crippen LogP contribution in [0.5, 0.6) is 0 Å². The Hall–Kier alpha value is -3.68. The van der Waals surface area contributed by atoms with Gasteiger partial charge in [-0.15, -0.1) is 0 Å². The first kappa shape index (κ1) is 20.1. The Balaban J connectivity index is 1.78. The van der Waals surface area contributed by atoms with Crippen LogP contribution in [0.25, 0.3) is 10.9 Å². The first-order valence-electron chi connectivity index (χ1n) is 9.05. The third-order valence-corrected chi connectivity index (χ3v) is 4.47. The number of aromatic nitrogens is 1. The van der Waals surface area contributed by atoms with E-state index < -0.39 is 29.6 Å². The Morgan fingerprint density at radius 3 is 2.52 bits per heavy atom. The molecule has 2 amide bonds. The molecule has 0 radical (unpaired) electrons. The van der Waals surface area contributed by atoms with E-state index >= 15 is 0 Å². The lowest BCUT2D eigenvalue weighted by molar-refractivity contribution is -0.137. The summed E-state index contributed by atoms with van der Waals surface area (Å²) in [6, 6.07) is 11.6. The third-order valence-electron chi connectivity index (χ3n) is 4.47. The number of para-hydroxylation sites is 1. The van der Waals surface area contributed by atoms with Crippen molar-refractivity contribution in [2.24, 2.45) is 0 Å². The lowest BCUT2D eigenvalue weighted by atomic mass is 10.0. The summed E-state index contributed by atoms with van der Waals surface area (Å²) in [6.45, 7) is -0.0506. The molecule has 0 spiro atoms. The molecule has 1 atom stereocenters. The molecule has 0 aliphatic rings. The van der Waals surface area contributed by atoms with Crippen molar-refractivity contribution in [3.63, 3.8) is 0 Å². The van der Waals surface area contributed by atoms with E-state index in [0.717, 1.165) is 28.6 Å². The molecular weight excluding hydrogens is 377 g/mol. The highest BCUT2D eigenvalue weighted by atomic mass is 19.1. The molecule has 3 rings (SSSR count). The second-order valence-electron chi connectivity index (χ2n) is 6.53. The summed E-state index contributed by atoms with van der Waals surface area (Å²) in [5, 5.41) is 14.9. The molecule has 1 unspecified atom stereocenters. The van der Waals surface area contributed by atoms with Crippen LogP contribution in [-0.4, -0.2) is 40.5 Å². The van der Waals surface area contributed by atoms with E-state index in [0.29, 0.717) is 0 Å². The first-order valence-corrected chi connectivity index (χ1v) is 9.05. The Morgan fingerprint density at radius 1 is 1.07 bits per heavy atom. The number of nitrogens with one attached hydrogen (secondary N) is 3. The van der Waals surface area contributed by atoms with Crippen LogP contribution in [0, 0.1) is 5.82 Å². The number of carboxylic acids is 1. The number of fused-ring (bicyclic) bond motifs is 1. The first-order chi connectivity index (χ1) is 13.9. The molecule has 150 valence electrons. The van der Waals surface area contributed by atoms with Gasteiger partial charge in [-0.3, -0.25) is 14.4 Å².